The summed E-state index contributed by atoms with van der Waals surface area (Å²) in [4.78, 5) is 27.7. The van der Waals surface area contributed by atoms with Crippen molar-refractivity contribution in [2.24, 2.45) is 5.92 Å². The Hall–Kier alpha value is -4.24. The van der Waals surface area contributed by atoms with Gasteiger partial charge in [0.1, 0.15) is 17.4 Å². The number of carbonyl (C=O) groups is 2. The molecule has 6 rings (SSSR count). The third-order valence-corrected chi connectivity index (χ3v) is 7.34. The number of piperidine rings is 1. The number of carbonyl (C=O) groups excluding carboxylic acids is 2. The summed E-state index contributed by atoms with van der Waals surface area (Å²) >= 11 is 0. The highest BCUT2D eigenvalue weighted by atomic mass is 16.5. The molecule has 4 aliphatic rings. The van der Waals surface area contributed by atoms with Crippen LogP contribution in [0.2, 0.25) is 0 Å². The number of fused-ring (bicyclic) bond motifs is 1. The molecule has 202 valence electrons. The van der Waals surface area contributed by atoms with Gasteiger partial charge in [-0.1, -0.05) is 24.6 Å². The summed E-state index contributed by atoms with van der Waals surface area (Å²) in [7, 11) is 0. The van der Waals surface area contributed by atoms with Crippen molar-refractivity contribution in [1.29, 1.82) is 0 Å². The number of benzene rings is 2. The Morgan fingerprint density at radius 2 is 1.87 bits per heavy atom. The van der Waals surface area contributed by atoms with Gasteiger partial charge in [-0.15, -0.1) is 0 Å². The molecule has 0 aromatic heterocycles. The maximum atomic E-state index is 13.1. The van der Waals surface area contributed by atoms with Crippen molar-refractivity contribution in [3.8, 4) is 5.75 Å². The van der Waals surface area contributed by atoms with E-state index in [0.29, 0.717) is 28.7 Å². The molecule has 1 aliphatic carbocycles. The van der Waals surface area contributed by atoms with Gasteiger partial charge < -0.3 is 20.7 Å². The lowest BCUT2D eigenvalue weighted by molar-refractivity contribution is -0.121. The topological polar surface area (TPSA) is 98.0 Å². The zero-order valence-corrected chi connectivity index (χ0v) is 22.1. The number of anilines is 1. The fraction of sp³-hybridized carbons (Fsp3) is 0.333. The molecule has 1 saturated heterocycles. The lowest BCUT2D eigenvalue weighted by Crippen LogP contribution is -2.37. The smallest absolute Gasteiger partial charge is 0.255 e. The number of rotatable bonds is 8. The van der Waals surface area contributed by atoms with E-state index in [1.807, 2.05) is 55.5 Å². The van der Waals surface area contributed by atoms with E-state index in [0.717, 1.165) is 49.4 Å². The highest BCUT2D eigenvalue weighted by Gasteiger charge is 2.31. The second-order valence-electron chi connectivity index (χ2n) is 10.6. The van der Waals surface area contributed by atoms with Crippen molar-refractivity contribution < 1.29 is 14.3 Å². The van der Waals surface area contributed by atoms with Crippen molar-refractivity contribution in [3.05, 3.63) is 95.0 Å². The van der Waals surface area contributed by atoms with Crippen LogP contribution in [0.15, 0.2) is 78.3 Å². The average molecular weight is 527 g/mol. The molecule has 0 unspecified atom stereocenters. The SMILES string of the molecule is Cc1ccc(OC2=CC=C3NC(NC(=O)C4CC4)=CN3N2)cc1NC(=O)c1cccc(CN2CCCCC2)c1. The molecule has 3 heterocycles. The first kappa shape index (κ1) is 25.1. The van der Waals surface area contributed by atoms with E-state index in [-0.39, 0.29) is 17.7 Å². The molecule has 9 nitrogen and oxygen atoms in total. The molecule has 4 N–H and O–H groups in total. The van der Waals surface area contributed by atoms with Crippen LogP contribution in [-0.4, -0.2) is 34.8 Å². The number of hydrazine groups is 1. The quantitative estimate of drug-likeness (QED) is 0.412. The number of nitrogens with zero attached hydrogens (tertiary/aromatic N) is 2. The third-order valence-electron chi connectivity index (χ3n) is 7.34. The Morgan fingerprint density at radius 1 is 1.03 bits per heavy atom. The highest BCUT2D eigenvalue weighted by Crippen LogP contribution is 2.30. The monoisotopic (exact) mass is 526 g/mol. The van der Waals surface area contributed by atoms with E-state index in [4.69, 9.17) is 4.74 Å². The largest absolute Gasteiger partial charge is 0.440 e. The number of ether oxygens (including phenoxy) is 1. The summed E-state index contributed by atoms with van der Waals surface area (Å²) in [5.74, 6) is 2.54. The Balaban J connectivity index is 1.08. The normalized spacial score (nSPS) is 18.6. The molecule has 0 radical (unpaired) electrons. The molecule has 2 aromatic carbocycles. The van der Waals surface area contributed by atoms with E-state index < -0.39 is 0 Å². The van der Waals surface area contributed by atoms with Crippen LogP contribution in [0.3, 0.4) is 0 Å². The van der Waals surface area contributed by atoms with Crippen molar-refractivity contribution in [2.75, 3.05) is 18.4 Å². The van der Waals surface area contributed by atoms with E-state index >= 15 is 0 Å². The zero-order chi connectivity index (χ0) is 26.8. The van der Waals surface area contributed by atoms with Gasteiger partial charge in [-0.2, -0.15) is 0 Å². The van der Waals surface area contributed by atoms with Gasteiger partial charge in [0, 0.05) is 35.9 Å². The van der Waals surface area contributed by atoms with Crippen molar-refractivity contribution >= 4 is 17.5 Å². The summed E-state index contributed by atoms with van der Waals surface area (Å²) in [6, 6.07) is 13.5. The summed E-state index contributed by atoms with van der Waals surface area (Å²) < 4.78 is 6.08. The van der Waals surface area contributed by atoms with Gasteiger partial charge in [-0.3, -0.25) is 19.9 Å². The van der Waals surface area contributed by atoms with Crippen LogP contribution in [0.25, 0.3) is 0 Å². The Morgan fingerprint density at radius 3 is 2.69 bits per heavy atom. The number of nitrogens with one attached hydrogen (secondary N) is 4. The van der Waals surface area contributed by atoms with Crippen molar-refractivity contribution in [3.63, 3.8) is 0 Å². The first-order chi connectivity index (χ1) is 19.0. The molecule has 3 aliphatic heterocycles. The van der Waals surface area contributed by atoms with Gasteiger partial charge in [0.2, 0.25) is 11.8 Å². The minimum absolute atomic E-state index is 0.0431. The Bertz CT molecular complexity index is 1370. The number of likely N-dealkylation sites (tertiary alicyclic amines) is 1. The van der Waals surface area contributed by atoms with Crippen molar-refractivity contribution in [2.45, 2.75) is 45.6 Å². The lowest BCUT2D eigenvalue weighted by Gasteiger charge is -2.26. The van der Waals surface area contributed by atoms with Gasteiger partial charge in [0.05, 0.1) is 6.20 Å². The summed E-state index contributed by atoms with van der Waals surface area (Å²) in [6.07, 6.45) is 11.2. The van der Waals surface area contributed by atoms with Gasteiger partial charge in [0.25, 0.3) is 5.91 Å². The minimum Gasteiger partial charge on any atom is -0.440 e. The van der Waals surface area contributed by atoms with Crippen molar-refractivity contribution in [1.82, 2.24) is 26.0 Å². The molecular formula is C30H34N6O3. The first-order valence-electron chi connectivity index (χ1n) is 13.7. The van der Waals surface area contributed by atoms with Gasteiger partial charge in [-0.05, 0) is 81.1 Å². The number of amides is 2. The molecule has 1 saturated carbocycles. The summed E-state index contributed by atoms with van der Waals surface area (Å²) in [5.41, 5.74) is 6.60. The predicted octanol–water partition coefficient (Wildman–Crippen LogP) is 4.04. The summed E-state index contributed by atoms with van der Waals surface area (Å²) in [6.45, 7) is 5.07. The molecule has 0 bridgehead atoms. The van der Waals surface area contributed by atoms with Crippen LogP contribution in [0.1, 0.15) is 53.6 Å². The van der Waals surface area contributed by atoms with Gasteiger partial charge in [0.15, 0.2) is 0 Å². The standard InChI is InChI=1S/C30H34N6O3/c1-20-8-11-24(39-28-13-12-27-32-26(19-36(27)34-28)33-29(37)22-9-10-22)17-25(20)31-30(38)23-7-5-6-21(16-23)18-35-14-3-2-4-15-35/h5-8,11-13,16-17,19,22,32,34H,2-4,9-10,14-15,18H2,1H3,(H,31,38)(H,33,37). The first-order valence-corrected chi connectivity index (χ1v) is 13.7. The maximum Gasteiger partial charge on any atom is 0.255 e. The molecule has 0 spiro atoms. The van der Waals surface area contributed by atoms with Gasteiger partial charge in [-0.25, -0.2) is 5.01 Å². The molecule has 39 heavy (non-hydrogen) atoms. The molecule has 2 fully saturated rings. The van der Waals surface area contributed by atoms with Crippen LogP contribution in [0.5, 0.6) is 5.75 Å². The van der Waals surface area contributed by atoms with E-state index in [1.54, 1.807) is 11.2 Å². The molecular weight excluding hydrogens is 492 g/mol. The zero-order valence-electron chi connectivity index (χ0n) is 22.1. The number of aryl methyl sites for hydroxylation is 1. The molecule has 2 aromatic rings. The van der Waals surface area contributed by atoms with E-state index in [9.17, 15) is 9.59 Å². The Labute approximate surface area is 228 Å². The minimum atomic E-state index is -0.146. The van der Waals surface area contributed by atoms with E-state index in [1.165, 1.54) is 19.3 Å². The van der Waals surface area contributed by atoms with Crippen LogP contribution in [0.4, 0.5) is 5.69 Å². The molecule has 2 amide bonds. The number of hydrogen-bond acceptors (Lipinski definition) is 7. The van der Waals surface area contributed by atoms with Crippen LogP contribution in [-0.2, 0) is 11.3 Å². The van der Waals surface area contributed by atoms with Gasteiger partial charge >= 0.3 is 0 Å². The second-order valence-corrected chi connectivity index (χ2v) is 10.6. The predicted molar refractivity (Wildman–Crippen MR) is 149 cm³/mol. The third kappa shape index (κ3) is 6.09. The maximum absolute atomic E-state index is 13.1. The summed E-state index contributed by atoms with van der Waals surface area (Å²) in [5, 5.41) is 10.9. The Kier molecular flexibility index (Phi) is 6.98. The van der Waals surface area contributed by atoms with Crippen LogP contribution >= 0.6 is 0 Å². The average Bonchev–Trinajstić information content (AvgIpc) is 3.72. The molecule has 9 heteroatoms. The van der Waals surface area contributed by atoms with Crippen LogP contribution in [0, 0.1) is 12.8 Å². The highest BCUT2D eigenvalue weighted by molar-refractivity contribution is 6.04. The second kappa shape index (κ2) is 10.9. The molecule has 0 atom stereocenters. The number of hydrogen-bond donors (Lipinski definition) is 4. The van der Waals surface area contributed by atoms with Crippen LogP contribution < -0.4 is 26.1 Å². The number of allylic oxidation sites excluding steroid dienone is 2. The fourth-order valence-corrected chi connectivity index (χ4v) is 4.96. The lowest BCUT2D eigenvalue weighted by atomic mass is 10.1. The van der Waals surface area contributed by atoms with E-state index in [2.05, 4.69) is 32.3 Å². The fourth-order valence-electron chi connectivity index (χ4n) is 4.96.